The second-order valence-corrected chi connectivity index (χ2v) is 2.35. The zero-order chi connectivity index (χ0) is 9.14. The fourth-order valence-electron chi connectivity index (χ4n) is 0.806. The van der Waals surface area contributed by atoms with Crippen molar-refractivity contribution in [2.75, 3.05) is 0 Å². The SMILES string of the molecule is NC(C(=O)[O-])c1ccc(F)cc1.[Na+]. The van der Waals surface area contributed by atoms with Crippen LogP contribution in [0, 0.1) is 5.82 Å². The molecular weight excluding hydrogens is 184 g/mol. The van der Waals surface area contributed by atoms with E-state index in [1.165, 1.54) is 12.1 Å². The predicted octanol–water partition coefficient (Wildman–Crippen LogP) is -3.42. The fourth-order valence-corrected chi connectivity index (χ4v) is 0.806. The molecular formula is C8H7FNNaO2. The second-order valence-electron chi connectivity index (χ2n) is 2.35. The van der Waals surface area contributed by atoms with E-state index in [0.717, 1.165) is 12.1 Å². The normalized spacial score (nSPS) is 11.5. The van der Waals surface area contributed by atoms with Gasteiger partial charge in [-0.3, -0.25) is 0 Å². The molecule has 2 N–H and O–H groups in total. The molecule has 0 saturated carbocycles. The van der Waals surface area contributed by atoms with E-state index in [4.69, 9.17) is 5.73 Å². The minimum atomic E-state index is -1.37. The fraction of sp³-hybridized carbons (Fsp3) is 0.125. The van der Waals surface area contributed by atoms with E-state index in [-0.39, 0.29) is 29.6 Å². The van der Waals surface area contributed by atoms with Crippen LogP contribution in [0.4, 0.5) is 4.39 Å². The first-order valence-electron chi connectivity index (χ1n) is 3.33. The Morgan fingerprint density at radius 1 is 1.38 bits per heavy atom. The number of rotatable bonds is 2. The van der Waals surface area contributed by atoms with Gasteiger partial charge in [-0.05, 0) is 17.7 Å². The molecule has 0 aromatic heterocycles. The Morgan fingerprint density at radius 3 is 2.23 bits per heavy atom. The van der Waals surface area contributed by atoms with Crippen molar-refractivity contribution in [3.63, 3.8) is 0 Å². The van der Waals surface area contributed by atoms with Crippen LogP contribution in [0.15, 0.2) is 24.3 Å². The Balaban J connectivity index is 0.00000144. The van der Waals surface area contributed by atoms with Crippen LogP contribution in [0.2, 0.25) is 0 Å². The molecule has 1 aromatic rings. The van der Waals surface area contributed by atoms with Crippen molar-refractivity contribution < 1.29 is 43.8 Å². The zero-order valence-corrected chi connectivity index (χ0v) is 9.16. The Labute approximate surface area is 97.0 Å². The van der Waals surface area contributed by atoms with Crippen LogP contribution < -0.4 is 40.4 Å². The van der Waals surface area contributed by atoms with E-state index in [1.54, 1.807) is 0 Å². The first kappa shape index (κ1) is 12.6. The van der Waals surface area contributed by atoms with Crippen LogP contribution in [0.3, 0.4) is 0 Å². The summed E-state index contributed by atoms with van der Waals surface area (Å²) < 4.78 is 12.3. The van der Waals surface area contributed by atoms with Crippen LogP contribution in [-0.4, -0.2) is 5.97 Å². The van der Waals surface area contributed by atoms with Gasteiger partial charge >= 0.3 is 29.6 Å². The molecule has 0 fully saturated rings. The number of benzene rings is 1. The Kier molecular flexibility index (Phi) is 5.17. The average molecular weight is 191 g/mol. The Bertz CT molecular complexity index is 289. The van der Waals surface area contributed by atoms with Gasteiger partial charge in [-0.25, -0.2) is 4.39 Å². The largest absolute Gasteiger partial charge is 1.00 e. The van der Waals surface area contributed by atoms with Gasteiger partial charge < -0.3 is 15.6 Å². The Morgan fingerprint density at radius 2 is 1.85 bits per heavy atom. The second kappa shape index (κ2) is 5.34. The zero-order valence-electron chi connectivity index (χ0n) is 7.16. The average Bonchev–Trinajstić information content (AvgIpc) is 2.04. The van der Waals surface area contributed by atoms with Gasteiger partial charge in [0.2, 0.25) is 0 Å². The van der Waals surface area contributed by atoms with Gasteiger partial charge in [-0.15, -0.1) is 0 Å². The van der Waals surface area contributed by atoms with E-state index < -0.39 is 17.8 Å². The standard InChI is InChI=1S/C8H8FNO2.Na/c9-6-3-1-5(2-4-6)7(10)8(11)12;/h1-4,7H,10H2,(H,11,12);/q;+1/p-1. The van der Waals surface area contributed by atoms with E-state index in [9.17, 15) is 14.3 Å². The summed E-state index contributed by atoms with van der Waals surface area (Å²) in [5.74, 6) is -1.80. The number of nitrogens with two attached hydrogens (primary N) is 1. The summed E-state index contributed by atoms with van der Waals surface area (Å²) in [6, 6.07) is 3.74. The molecule has 1 rings (SSSR count). The smallest absolute Gasteiger partial charge is 0.548 e. The minimum absolute atomic E-state index is 0. The van der Waals surface area contributed by atoms with E-state index in [0.29, 0.717) is 5.56 Å². The molecule has 0 aliphatic carbocycles. The maximum atomic E-state index is 12.3. The number of hydrogen-bond acceptors (Lipinski definition) is 3. The van der Waals surface area contributed by atoms with E-state index in [2.05, 4.69) is 0 Å². The van der Waals surface area contributed by atoms with Crippen LogP contribution in [0.1, 0.15) is 11.6 Å². The summed E-state index contributed by atoms with van der Waals surface area (Å²) in [5.41, 5.74) is 5.53. The molecule has 0 radical (unpaired) electrons. The summed E-state index contributed by atoms with van der Waals surface area (Å²) in [4.78, 5) is 10.3. The topological polar surface area (TPSA) is 66.2 Å². The number of aliphatic carboxylic acids is 1. The molecule has 0 amide bonds. The molecule has 0 bridgehead atoms. The number of hydrogen-bond donors (Lipinski definition) is 1. The first-order valence-corrected chi connectivity index (χ1v) is 3.33. The van der Waals surface area contributed by atoms with E-state index in [1.807, 2.05) is 0 Å². The van der Waals surface area contributed by atoms with Crippen molar-refractivity contribution in [1.29, 1.82) is 0 Å². The molecule has 0 spiro atoms. The third-order valence-electron chi connectivity index (χ3n) is 1.48. The number of carbonyl (C=O) groups excluding carboxylic acids is 1. The van der Waals surface area contributed by atoms with Crippen molar-refractivity contribution in [3.8, 4) is 0 Å². The van der Waals surface area contributed by atoms with Gasteiger partial charge in [0.05, 0.1) is 12.0 Å². The van der Waals surface area contributed by atoms with Crippen LogP contribution in [-0.2, 0) is 4.79 Å². The summed E-state index contributed by atoms with van der Waals surface area (Å²) in [5, 5.41) is 10.3. The molecule has 3 nitrogen and oxygen atoms in total. The molecule has 1 unspecified atom stereocenters. The maximum Gasteiger partial charge on any atom is 1.00 e. The summed E-state index contributed by atoms with van der Waals surface area (Å²) in [6.45, 7) is 0. The molecule has 1 aromatic carbocycles. The maximum absolute atomic E-state index is 12.3. The van der Waals surface area contributed by atoms with Crippen molar-refractivity contribution >= 4 is 5.97 Å². The van der Waals surface area contributed by atoms with Crippen LogP contribution >= 0.6 is 0 Å². The molecule has 0 saturated heterocycles. The number of halogens is 1. The summed E-state index contributed by atoms with van der Waals surface area (Å²) >= 11 is 0. The number of carboxylic acid groups (broad SMARTS) is 1. The molecule has 13 heavy (non-hydrogen) atoms. The van der Waals surface area contributed by atoms with Crippen LogP contribution in [0.5, 0.6) is 0 Å². The first-order chi connectivity index (χ1) is 5.61. The van der Waals surface area contributed by atoms with Gasteiger partial charge in [0.1, 0.15) is 5.82 Å². The minimum Gasteiger partial charge on any atom is -0.548 e. The molecule has 0 aliphatic rings. The molecule has 0 aliphatic heterocycles. The molecule has 64 valence electrons. The van der Waals surface area contributed by atoms with Crippen molar-refractivity contribution in [1.82, 2.24) is 0 Å². The monoisotopic (exact) mass is 191 g/mol. The van der Waals surface area contributed by atoms with Gasteiger partial charge in [-0.2, -0.15) is 0 Å². The quantitative estimate of drug-likeness (QED) is 0.495. The van der Waals surface area contributed by atoms with Crippen molar-refractivity contribution in [3.05, 3.63) is 35.6 Å². The number of carboxylic acids is 1. The van der Waals surface area contributed by atoms with Crippen molar-refractivity contribution in [2.45, 2.75) is 6.04 Å². The summed E-state index contributed by atoms with van der Waals surface area (Å²) in [6.07, 6.45) is 0. The molecule has 1 atom stereocenters. The Hall–Kier alpha value is -0.420. The predicted molar refractivity (Wildman–Crippen MR) is 38.3 cm³/mol. The molecule has 0 heterocycles. The van der Waals surface area contributed by atoms with Gasteiger partial charge in [0, 0.05) is 0 Å². The number of carbonyl (C=O) groups is 1. The van der Waals surface area contributed by atoms with Gasteiger partial charge in [0.25, 0.3) is 0 Å². The summed E-state index contributed by atoms with van der Waals surface area (Å²) in [7, 11) is 0. The van der Waals surface area contributed by atoms with Crippen molar-refractivity contribution in [2.24, 2.45) is 5.73 Å². The third-order valence-corrected chi connectivity index (χ3v) is 1.48. The third kappa shape index (κ3) is 3.44. The molecule has 5 heteroatoms. The van der Waals surface area contributed by atoms with Gasteiger partial charge in [-0.1, -0.05) is 12.1 Å². The van der Waals surface area contributed by atoms with Gasteiger partial charge in [0.15, 0.2) is 0 Å². The van der Waals surface area contributed by atoms with Crippen LogP contribution in [0.25, 0.3) is 0 Å². The van der Waals surface area contributed by atoms with E-state index >= 15 is 0 Å².